The average Bonchev–Trinajstić information content (AvgIpc) is 2.72. The highest BCUT2D eigenvalue weighted by Gasteiger charge is 2.15. The third kappa shape index (κ3) is 2.30. The second kappa shape index (κ2) is 4.69. The predicted octanol–water partition coefficient (Wildman–Crippen LogP) is 3.00. The molecule has 2 aromatic rings. The third-order valence-electron chi connectivity index (χ3n) is 2.14. The Bertz CT molecular complexity index is 589. The molecule has 1 aromatic carbocycles. The van der Waals surface area contributed by atoms with Gasteiger partial charge in [-0.2, -0.15) is 0 Å². The second-order valence-corrected chi connectivity index (χ2v) is 4.33. The van der Waals surface area contributed by atoms with E-state index < -0.39 is 23.4 Å². The van der Waals surface area contributed by atoms with Gasteiger partial charge in [0.25, 0.3) is 5.91 Å². The van der Waals surface area contributed by atoms with Crippen LogP contribution < -0.4 is 11.1 Å². The molecule has 94 valence electrons. The standard InChI is InChI=1S/C11H7F3N2OS/c12-6-3-5(4-7(13)9(6)14)16-11(17)10-8(15)1-2-18-10/h1-4H,15H2,(H,16,17). The number of amides is 1. The molecule has 2 rings (SSSR count). The summed E-state index contributed by atoms with van der Waals surface area (Å²) in [5.41, 5.74) is 5.61. The van der Waals surface area contributed by atoms with Crippen molar-refractivity contribution in [2.75, 3.05) is 11.1 Å². The van der Waals surface area contributed by atoms with Crippen molar-refractivity contribution in [2.45, 2.75) is 0 Å². The number of benzene rings is 1. The first-order valence-corrected chi connectivity index (χ1v) is 5.66. The first kappa shape index (κ1) is 12.4. The molecule has 0 bridgehead atoms. The number of rotatable bonds is 2. The Hall–Kier alpha value is -2.02. The number of carbonyl (C=O) groups is 1. The minimum atomic E-state index is -1.58. The average molecular weight is 272 g/mol. The number of anilines is 2. The Morgan fingerprint density at radius 3 is 2.33 bits per heavy atom. The molecule has 1 heterocycles. The van der Waals surface area contributed by atoms with E-state index in [1.807, 2.05) is 0 Å². The Labute approximate surface area is 104 Å². The SMILES string of the molecule is Nc1ccsc1C(=O)Nc1cc(F)c(F)c(F)c1. The maximum absolute atomic E-state index is 12.9. The largest absolute Gasteiger partial charge is 0.397 e. The summed E-state index contributed by atoms with van der Waals surface area (Å²) in [6.07, 6.45) is 0. The van der Waals surface area contributed by atoms with Crippen LogP contribution in [0.25, 0.3) is 0 Å². The summed E-state index contributed by atoms with van der Waals surface area (Å²) < 4.78 is 38.6. The van der Waals surface area contributed by atoms with Gasteiger partial charge in [-0.25, -0.2) is 13.2 Å². The van der Waals surface area contributed by atoms with E-state index in [0.717, 1.165) is 11.3 Å². The van der Waals surface area contributed by atoms with Gasteiger partial charge in [0.15, 0.2) is 17.5 Å². The quantitative estimate of drug-likeness (QED) is 0.826. The summed E-state index contributed by atoms with van der Waals surface area (Å²) >= 11 is 1.09. The molecular weight excluding hydrogens is 265 g/mol. The smallest absolute Gasteiger partial charge is 0.267 e. The second-order valence-electron chi connectivity index (χ2n) is 3.41. The first-order chi connectivity index (χ1) is 8.49. The number of nitrogens with two attached hydrogens (primary N) is 1. The molecular formula is C11H7F3N2OS. The van der Waals surface area contributed by atoms with Crippen molar-refractivity contribution in [2.24, 2.45) is 0 Å². The Morgan fingerprint density at radius 2 is 1.83 bits per heavy atom. The van der Waals surface area contributed by atoms with Crippen molar-refractivity contribution < 1.29 is 18.0 Å². The van der Waals surface area contributed by atoms with Crippen LogP contribution in [0.5, 0.6) is 0 Å². The Kier molecular flexibility index (Phi) is 3.24. The highest BCUT2D eigenvalue weighted by atomic mass is 32.1. The monoisotopic (exact) mass is 272 g/mol. The van der Waals surface area contributed by atoms with Gasteiger partial charge in [0.1, 0.15) is 4.88 Å². The lowest BCUT2D eigenvalue weighted by molar-refractivity contribution is 0.103. The molecule has 1 aromatic heterocycles. The Morgan fingerprint density at radius 1 is 1.22 bits per heavy atom. The number of thiophene rings is 1. The van der Waals surface area contributed by atoms with Crippen LogP contribution in [-0.2, 0) is 0 Å². The molecule has 0 radical (unpaired) electrons. The van der Waals surface area contributed by atoms with Crippen LogP contribution in [0, 0.1) is 17.5 Å². The van der Waals surface area contributed by atoms with Crippen molar-refractivity contribution in [1.29, 1.82) is 0 Å². The van der Waals surface area contributed by atoms with Gasteiger partial charge in [0.2, 0.25) is 0 Å². The zero-order valence-electron chi connectivity index (χ0n) is 8.84. The maximum atomic E-state index is 12.9. The van der Waals surface area contributed by atoms with Crippen LogP contribution >= 0.6 is 11.3 Å². The van der Waals surface area contributed by atoms with E-state index >= 15 is 0 Å². The van der Waals surface area contributed by atoms with Gasteiger partial charge in [-0.1, -0.05) is 0 Å². The van der Waals surface area contributed by atoms with Crippen molar-refractivity contribution in [3.05, 3.63) is 45.9 Å². The summed E-state index contributed by atoms with van der Waals surface area (Å²) in [5, 5.41) is 3.85. The number of nitrogen functional groups attached to an aromatic ring is 1. The normalized spacial score (nSPS) is 10.4. The predicted molar refractivity (Wildman–Crippen MR) is 63.0 cm³/mol. The van der Waals surface area contributed by atoms with Gasteiger partial charge in [-0.05, 0) is 11.4 Å². The summed E-state index contributed by atoms with van der Waals surface area (Å²) in [7, 11) is 0. The highest BCUT2D eigenvalue weighted by Crippen LogP contribution is 2.22. The van der Waals surface area contributed by atoms with E-state index in [-0.39, 0.29) is 16.3 Å². The van der Waals surface area contributed by atoms with Crippen LogP contribution in [0.1, 0.15) is 9.67 Å². The van der Waals surface area contributed by atoms with Gasteiger partial charge < -0.3 is 11.1 Å². The molecule has 1 amide bonds. The van der Waals surface area contributed by atoms with E-state index in [9.17, 15) is 18.0 Å². The molecule has 0 aliphatic heterocycles. The topological polar surface area (TPSA) is 55.1 Å². The highest BCUT2D eigenvalue weighted by molar-refractivity contribution is 7.12. The molecule has 0 spiro atoms. The molecule has 18 heavy (non-hydrogen) atoms. The van der Waals surface area contributed by atoms with Crippen molar-refractivity contribution in [3.63, 3.8) is 0 Å². The molecule has 0 fully saturated rings. The third-order valence-corrected chi connectivity index (χ3v) is 3.07. The van der Waals surface area contributed by atoms with E-state index in [4.69, 9.17) is 5.73 Å². The number of hydrogen-bond donors (Lipinski definition) is 2. The summed E-state index contributed by atoms with van der Waals surface area (Å²) in [5.74, 6) is -4.93. The fourth-order valence-corrected chi connectivity index (χ4v) is 2.03. The molecule has 7 heteroatoms. The van der Waals surface area contributed by atoms with Gasteiger partial charge in [-0.3, -0.25) is 4.79 Å². The van der Waals surface area contributed by atoms with Gasteiger partial charge in [0, 0.05) is 17.8 Å². The van der Waals surface area contributed by atoms with E-state index in [0.29, 0.717) is 12.1 Å². The van der Waals surface area contributed by atoms with Crippen LogP contribution in [0.2, 0.25) is 0 Å². The fraction of sp³-hybridized carbons (Fsp3) is 0. The number of halogens is 3. The first-order valence-electron chi connectivity index (χ1n) is 4.78. The molecule has 0 saturated heterocycles. The van der Waals surface area contributed by atoms with Crippen molar-refractivity contribution in [1.82, 2.24) is 0 Å². The zero-order chi connectivity index (χ0) is 13.3. The van der Waals surface area contributed by atoms with E-state index in [1.165, 1.54) is 6.07 Å². The van der Waals surface area contributed by atoms with Gasteiger partial charge in [0.05, 0.1) is 5.69 Å². The van der Waals surface area contributed by atoms with Crippen molar-refractivity contribution >= 4 is 28.6 Å². The van der Waals surface area contributed by atoms with Gasteiger partial charge >= 0.3 is 0 Å². The molecule has 0 unspecified atom stereocenters. The van der Waals surface area contributed by atoms with Crippen LogP contribution in [0.4, 0.5) is 24.5 Å². The van der Waals surface area contributed by atoms with Crippen molar-refractivity contribution in [3.8, 4) is 0 Å². The zero-order valence-corrected chi connectivity index (χ0v) is 9.65. The Balaban J connectivity index is 2.25. The summed E-state index contributed by atoms with van der Waals surface area (Å²) in [6.45, 7) is 0. The molecule has 3 nitrogen and oxygen atoms in total. The fourth-order valence-electron chi connectivity index (χ4n) is 1.32. The maximum Gasteiger partial charge on any atom is 0.267 e. The minimum absolute atomic E-state index is 0.177. The van der Waals surface area contributed by atoms with Gasteiger partial charge in [-0.15, -0.1) is 11.3 Å². The van der Waals surface area contributed by atoms with E-state index in [2.05, 4.69) is 5.32 Å². The lowest BCUT2D eigenvalue weighted by Gasteiger charge is -2.05. The number of hydrogen-bond acceptors (Lipinski definition) is 3. The minimum Gasteiger partial charge on any atom is -0.397 e. The summed E-state index contributed by atoms with van der Waals surface area (Å²) in [6, 6.07) is 2.92. The summed E-state index contributed by atoms with van der Waals surface area (Å²) in [4.78, 5) is 11.9. The van der Waals surface area contributed by atoms with Crippen LogP contribution in [0.15, 0.2) is 23.6 Å². The van der Waals surface area contributed by atoms with Crippen LogP contribution in [-0.4, -0.2) is 5.91 Å². The molecule has 0 aliphatic carbocycles. The molecule has 0 aliphatic rings. The number of nitrogens with one attached hydrogen (secondary N) is 1. The van der Waals surface area contributed by atoms with Crippen LogP contribution in [0.3, 0.4) is 0 Å². The lowest BCUT2D eigenvalue weighted by Crippen LogP contribution is -2.12. The number of carbonyl (C=O) groups excluding carboxylic acids is 1. The van der Waals surface area contributed by atoms with E-state index in [1.54, 1.807) is 5.38 Å². The molecule has 3 N–H and O–H groups in total. The lowest BCUT2D eigenvalue weighted by atomic mass is 10.2. The molecule has 0 atom stereocenters. The molecule has 0 saturated carbocycles.